The zero-order valence-electron chi connectivity index (χ0n) is 16.5. The lowest BCUT2D eigenvalue weighted by atomic mass is 10.1. The van der Waals surface area contributed by atoms with E-state index in [2.05, 4.69) is 5.32 Å². The first-order chi connectivity index (χ1) is 14.9. The first kappa shape index (κ1) is 20.9. The standard InChI is InChI=1S/C24H17ClN2O3S/c1-15(28)26-18-11-13-19(14-12-18)27-23(29)21(16-7-9-17(25)10-8-16)22(24(27)30)31-20-5-3-2-4-6-20/h2-14H,1H3,(H,26,28). The second kappa shape index (κ2) is 8.79. The van der Waals surface area contributed by atoms with Crippen molar-refractivity contribution in [3.63, 3.8) is 0 Å². The molecule has 0 aromatic heterocycles. The Hall–Kier alpha value is -3.35. The number of hydrogen-bond acceptors (Lipinski definition) is 4. The van der Waals surface area contributed by atoms with E-state index >= 15 is 0 Å². The molecule has 0 fully saturated rings. The Morgan fingerprint density at radius 3 is 2.13 bits per heavy atom. The molecule has 0 atom stereocenters. The molecule has 0 bridgehead atoms. The number of hydrogen-bond donors (Lipinski definition) is 1. The Bertz CT molecular complexity index is 1190. The van der Waals surface area contributed by atoms with Crippen LogP contribution in [0.3, 0.4) is 0 Å². The van der Waals surface area contributed by atoms with E-state index in [9.17, 15) is 14.4 Å². The average molecular weight is 449 g/mol. The molecular weight excluding hydrogens is 432 g/mol. The number of carbonyl (C=O) groups is 3. The van der Waals surface area contributed by atoms with E-state index in [1.807, 2.05) is 30.3 Å². The fourth-order valence-electron chi connectivity index (χ4n) is 3.21. The summed E-state index contributed by atoms with van der Waals surface area (Å²) in [6.07, 6.45) is 0. The highest BCUT2D eigenvalue weighted by Gasteiger charge is 2.40. The van der Waals surface area contributed by atoms with Crippen molar-refractivity contribution in [1.82, 2.24) is 0 Å². The SMILES string of the molecule is CC(=O)Nc1ccc(N2C(=O)C(Sc3ccccc3)=C(c3ccc(Cl)cc3)C2=O)cc1. The molecule has 0 aliphatic carbocycles. The van der Waals surface area contributed by atoms with E-state index in [1.165, 1.54) is 18.7 Å². The Morgan fingerprint density at radius 1 is 0.871 bits per heavy atom. The third-order valence-corrected chi connectivity index (χ3v) is 5.93. The molecule has 5 nitrogen and oxygen atoms in total. The largest absolute Gasteiger partial charge is 0.326 e. The maximum Gasteiger partial charge on any atom is 0.272 e. The Labute approximate surface area is 188 Å². The molecule has 3 aromatic rings. The highest BCUT2D eigenvalue weighted by atomic mass is 35.5. The molecule has 0 radical (unpaired) electrons. The van der Waals surface area contributed by atoms with Crippen molar-refractivity contribution in [2.45, 2.75) is 11.8 Å². The first-order valence-electron chi connectivity index (χ1n) is 9.43. The van der Waals surface area contributed by atoms with Gasteiger partial charge in [0.1, 0.15) is 0 Å². The molecule has 154 valence electrons. The number of amides is 3. The molecular formula is C24H17ClN2O3S. The smallest absolute Gasteiger partial charge is 0.272 e. The van der Waals surface area contributed by atoms with Crippen molar-refractivity contribution in [3.8, 4) is 0 Å². The van der Waals surface area contributed by atoms with Crippen molar-refractivity contribution in [1.29, 1.82) is 0 Å². The zero-order valence-corrected chi connectivity index (χ0v) is 18.0. The van der Waals surface area contributed by atoms with Crippen molar-refractivity contribution in [2.24, 2.45) is 0 Å². The van der Waals surface area contributed by atoms with E-state index in [-0.39, 0.29) is 5.91 Å². The van der Waals surface area contributed by atoms with Crippen LogP contribution in [-0.2, 0) is 14.4 Å². The third-order valence-electron chi connectivity index (χ3n) is 4.58. The van der Waals surface area contributed by atoms with E-state index in [1.54, 1.807) is 48.5 Å². The van der Waals surface area contributed by atoms with Crippen LogP contribution in [0.5, 0.6) is 0 Å². The number of benzene rings is 3. The monoisotopic (exact) mass is 448 g/mol. The van der Waals surface area contributed by atoms with Gasteiger partial charge in [-0.05, 0) is 54.1 Å². The van der Waals surface area contributed by atoms with Gasteiger partial charge in [0.15, 0.2) is 0 Å². The highest BCUT2D eigenvalue weighted by molar-refractivity contribution is 8.04. The lowest BCUT2D eigenvalue weighted by molar-refractivity contribution is -0.120. The normalized spacial score (nSPS) is 13.7. The summed E-state index contributed by atoms with van der Waals surface area (Å²) in [4.78, 5) is 40.4. The van der Waals surface area contributed by atoms with Gasteiger partial charge in [0.05, 0.1) is 16.2 Å². The van der Waals surface area contributed by atoms with Crippen LogP contribution in [0.4, 0.5) is 11.4 Å². The molecule has 3 amide bonds. The van der Waals surface area contributed by atoms with Gasteiger partial charge in [-0.15, -0.1) is 0 Å². The lowest BCUT2D eigenvalue weighted by Gasteiger charge is -2.16. The van der Waals surface area contributed by atoms with Gasteiger partial charge in [0.25, 0.3) is 11.8 Å². The summed E-state index contributed by atoms with van der Waals surface area (Å²) in [5, 5.41) is 3.22. The van der Waals surface area contributed by atoms with Crippen LogP contribution < -0.4 is 10.2 Å². The second-order valence-corrected chi connectivity index (χ2v) is 8.32. The van der Waals surface area contributed by atoms with Gasteiger partial charge in [-0.1, -0.05) is 53.7 Å². The van der Waals surface area contributed by atoms with Crippen LogP contribution in [-0.4, -0.2) is 17.7 Å². The minimum Gasteiger partial charge on any atom is -0.326 e. The van der Waals surface area contributed by atoms with Crippen LogP contribution in [0.1, 0.15) is 12.5 Å². The Morgan fingerprint density at radius 2 is 1.52 bits per heavy atom. The number of nitrogens with zero attached hydrogens (tertiary/aromatic N) is 1. The molecule has 0 saturated heterocycles. The highest BCUT2D eigenvalue weighted by Crippen LogP contribution is 2.41. The molecule has 3 aromatic carbocycles. The molecule has 7 heteroatoms. The number of rotatable bonds is 5. The topological polar surface area (TPSA) is 66.5 Å². The van der Waals surface area contributed by atoms with E-state index < -0.39 is 11.8 Å². The molecule has 1 aliphatic heterocycles. The number of halogens is 1. The van der Waals surface area contributed by atoms with Crippen LogP contribution in [0.25, 0.3) is 5.57 Å². The zero-order chi connectivity index (χ0) is 22.0. The fraction of sp³-hybridized carbons (Fsp3) is 0.0417. The van der Waals surface area contributed by atoms with E-state index in [0.717, 1.165) is 9.80 Å². The second-order valence-electron chi connectivity index (χ2n) is 6.80. The van der Waals surface area contributed by atoms with Gasteiger partial charge in [0, 0.05) is 22.5 Å². The van der Waals surface area contributed by atoms with E-state index in [0.29, 0.717) is 32.4 Å². The van der Waals surface area contributed by atoms with Gasteiger partial charge < -0.3 is 5.32 Å². The van der Waals surface area contributed by atoms with Crippen molar-refractivity contribution >= 4 is 58.0 Å². The van der Waals surface area contributed by atoms with Crippen molar-refractivity contribution in [2.75, 3.05) is 10.2 Å². The molecule has 1 aliphatic rings. The molecule has 0 spiro atoms. The number of carbonyl (C=O) groups excluding carboxylic acids is 3. The molecule has 1 heterocycles. The van der Waals surface area contributed by atoms with Crippen LogP contribution in [0.2, 0.25) is 5.02 Å². The van der Waals surface area contributed by atoms with Gasteiger partial charge in [-0.2, -0.15) is 0 Å². The number of nitrogens with one attached hydrogen (secondary N) is 1. The molecule has 31 heavy (non-hydrogen) atoms. The summed E-state index contributed by atoms with van der Waals surface area (Å²) in [5.74, 6) is -0.997. The van der Waals surface area contributed by atoms with Crippen molar-refractivity contribution in [3.05, 3.63) is 94.4 Å². The maximum atomic E-state index is 13.4. The van der Waals surface area contributed by atoms with Gasteiger partial charge in [-0.3, -0.25) is 14.4 Å². The third kappa shape index (κ3) is 4.40. The predicted molar refractivity (Wildman–Crippen MR) is 124 cm³/mol. The number of imide groups is 1. The lowest BCUT2D eigenvalue weighted by Crippen LogP contribution is -2.31. The van der Waals surface area contributed by atoms with Crippen molar-refractivity contribution < 1.29 is 14.4 Å². The Kier molecular flexibility index (Phi) is 5.93. The fourth-order valence-corrected chi connectivity index (χ4v) is 4.35. The minimum atomic E-state index is -0.405. The number of anilines is 2. The summed E-state index contributed by atoms with van der Waals surface area (Å²) in [6.45, 7) is 1.41. The molecule has 0 saturated carbocycles. The predicted octanol–water partition coefficient (Wildman–Crippen LogP) is 5.38. The summed E-state index contributed by atoms with van der Waals surface area (Å²) < 4.78 is 0. The summed E-state index contributed by atoms with van der Waals surface area (Å²) in [6, 6.07) is 22.9. The van der Waals surface area contributed by atoms with Gasteiger partial charge in [0.2, 0.25) is 5.91 Å². The van der Waals surface area contributed by atoms with Gasteiger partial charge in [-0.25, -0.2) is 4.90 Å². The Balaban J connectivity index is 1.74. The quantitative estimate of drug-likeness (QED) is 0.532. The summed E-state index contributed by atoms with van der Waals surface area (Å²) in [5.41, 5.74) is 1.97. The summed E-state index contributed by atoms with van der Waals surface area (Å²) in [7, 11) is 0. The molecule has 1 N–H and O–H groups in total. The van der Waals surface area contributed by atoms with Gasteiger partial charge >= 0.3 is 0 Å². The van der Waals surface area contributed by atoms with Crippen LogP contribution in [0, 0.1) is 0 Å². The van der Waals surface area contributed by atoms with E-state index in [4.69, 9.17) is 11.6 Å². The minimum absolute atomic E-state index is 0.200. The average Bonchev–Trinajstić information content (AvgIpc) is 2.99. The molecule has 4 rings (SSSR count). The number of thioether (sulfide) groups is 1. The first-order valence-corrected chi connectivity index (χ1v) is 10.6. The molecule has 0 unspecified atom stereocenters. The maximum absolute atomic E-state index is 13.4. The van der Waals surface area contributed by atoms with Crippen LogP contribution in [0.15, 0.2) is 88.7 Å². The van der Waals surface area contributed by atoms with Crippen LogP contribution >= 0.6 is 23.4 Å². The summed E-state index contributed by atoms with van der Waals surface area (Å²) >= 11 is 7.27.